The Balaban J connectivity index is 0.00000320. The molecule has 0 atom stereocenters. The molecule has 30 heavy (non-hydrogen) atoms. The van der Waals surface area contributed by atoms with E-state index in [2.05, 4.69) is 49.6 Å². The molecule has 1 aliphatic rings. The van der Waals surface area contributed by atoms with Crippen molar-refractivity contribution in [2.45, 2.75) is 20.0 Å². The minimum atomic E-state index is 0. The first kappa shape index (κ1) is 25.0. The summed E-state index contributed by atoms with van der Waals surface area (Å²) in [7, 11) is 4.05. The highest BCUT2D eigenvalue weighted by Crippen LogP contribution is 2.24. The van der Waals surface area contributed by atoms with Gasteiger partial charge in [-0.1, -0.05) is 29.3 Å². The van der Waals surface area contributed by atoms with Crippen LogP contribution in [0.4, 0.5) is 5.82 Å². The van der Waals surface area contributed by atoms with Crippen molar-refractivity contribution in [3.63, 3.8) is 0 Å². The lowest BCUT2D eigenvalue weighted by Crippen LogP contribution is -2.44. The number of nitrogens with zero attached hydrogens (tertiary/aromatic N) is 5. The minimum absolute atomic E-state index is 0. The monoisotopic (exact) mass is 565 g/mol. The second-order valence-corrected chi connectivity index (χ2v) is 7.96. The molecule has 2 aromatic heterocycles. The number of halogens is 3. The summed E-state index contributed by atoms with van der Waals surface area (Å²) in [6.07, 6.45) is 1.91. The molecule has 0 radical (unpaired) electrons. The first-order valence-corrected chi connectivity index (χ1v) is 10.6. The van der Waals surface area contributed by atoms with Crippen molar-refractivity contribution in [1.29, 1.82) is 0 Å². The van der Waals surface area contributed by atoms with E-state index in [1.165, 1.54) is 0 Å². The molecule has 0 aliphatic carbocycles. The van der Waals surface area contributed by atoms with Gasteiger partial charge in [-0.3, -0.25) is 0 Å². The van der Waals surface area contributed by atoms with Crippen LogP contribution in [0.2, 0.25) is 10.2 Å². The van der Waals surface area contributed by atoms with Gasteiger partial charge in [-0.2, -0.15) is 0 Å². The van der Waals surface area contributed by atoms with Crippen molar-refractivity contribution >= 4 is 59.0 Å². The van der Waals surface area contributed by atoms with E-state index in [4.69, 9.17) is 23.2 Å². The standard InChI is InChI=1S/C20H29Cl2N7.HI/c1-4-23-20(26-14-16-11-17(21)19(22)28(16)3)25-13-15-5-6-18(24-12-15)29-9-7-27(2)8-10-29;/h5-6,11-12H,4,7-10,13-14H2,1-3H3,(H2,23,25,26);1H. The Morgan fingerprint density at radius 2 is 1.87 bits per heavy atom. The zero-order valence-electron chi connectivity index (χ0n) is 17.7. The summed E-state index contributed by atoms with van der Waals surface area (Å²) in [5, 5.41) is 7.68. The van der Waals surface area contributed by atoms with Crippen molar-refractivity contribution in [3.8, 4) is 0 Å². The first-order chi connectivity index (χ1) is 14.0. The average Bonchev–Trinajstić information content (AvgIpc) is 2.98. The Morgan fingerprint density at radius 3 is 2.43 bits per heavy atom. The van der Waals surface area contributed by atoms with Gasteiger partial charge in [0.2, 0.25) is 0 Å². The van der Waals surface area contributed by atoms with Crippen LogP contribution < -0.4 is 15.5 Å². The van der Waals surface area contributed by atoms with E-state index in [1.807, 2.05) is 30.8 Å². The van der Waals surface area contributed by atoms with E-state index in [0.29, 0.717) is 23.3 Å². The Kier molecular flexibility index (Phi) is 9.99. The van der Waals surface area contributed by atoms with Crippen LogP contribution in [-0.2, 0) is 20.1 Å². The van der Waals surface area contributed by atoms with Crippen LogP contribution in [0.25, 0.3) is 0 Å². The maximum absolute atomic E-state index is 6.14. The Labute approximate surface area is 205 Å². The lowest BCUT2D eigenvalue weighted by molar-refractivity contribution is 0.312. The van der Waals surface area contributed by atoms with Crippen molar-refractivity contribution in [2.24, 2.45) is 12.0 Å². The number of piperazine rings is 1. The molecule has 3 heterocycles. The molecule has 0 amide bonds. The van der Waals surface area contributed by atoms with Crippen LogP contribution in [0, 0.1) is 0 Å². The predicted octanol–water partition coefficient (Wildman–Crippen LogP) is 3.35. The van der Waals surface area contributed by atoms with Crippen LogP contribution >= 0.6 is 47.2 Å². The molecule has 2 N–H and O–H groups in total. The smallest absolute Gasteiger partial charge is 0.191 e. The van der Waals surface area contributed by atoms with Gasteiger partial charge in [0, 0.05) is 51.7 Å². The Bertz CT molecular complexity index is 830. The molecule has 2 aromatic rings. The van der Waals surface area contributed by atoms with Crippen LogP contribution in [-0.4, -0.2) is 60.2 Å². The van der Waals surface area contributed by atoms with Gasteiger partial charge < -0.3 is 25.0 Å². The Morgan fingerprint density at radius 1 is 1.13 bits per heavy atom. The first-order valence-electron chi connectivity index (χ1n) is 9.88. The highest BCUT2D eigenvalue weighted by atomic mass is 127. The van der Waals surface area contributed by atoms with Gasteiger partial charge in [-0.05, 0) is 31.7 Å². The molecule has 7 nitrogen and oxygen atoms in total. The quantitative estimate of drug-likeness (QED) is 0.319. The maximum Gasteiger partial charge on any atom is 0.191 e. The van der Waals surface area contributed by atoms with Gasteiger partial charge in [-0.25, -0.2) is 9.98 Å². The van der Waals surface area contributed by atoms with E-state index in [-0.39, 0.29) is 24.0 Å². The predicted molar refractivity (Wildman–Crippen MR) is 136 cm³/mol. The molecule has 10 heteroatoms. The highest BCUT2D eigenvalue weighted by molar-refractivity contribution is 14.0. The molecular formula is C20H30Cl2IN7. The number of likely N-dealkylation sites (N-methyl/N-ethyl adjacent to an activating group) is 1. The zero-order valence-corrected chi connectivity index (χ0v) is 21.5. The summed E-state index contributed by atoms with van der Waals surface area (Å²) >= 11 is 12.2. The van der Waals surface area contributed by atoms with E-state index >= 15 is 0 Å². The summed E-state index contributed by atoms with van der Waals surface area (Å²) < 4.78 is 1.86. The molecule has 0 unspecified atom stereocenters. The fourth-order valence-electron chi connectivity index (χ4n) is 3.18. The van der Waals surface area contributed by atoms with E-state index in [9.17, 15) is 0 Å². The van der Waals surface area contributed by atoms with Gasteiger partial charge in [0.25, 0.3) is 0 Å². The van der Waals surface area contributed by atoms with Gasteiger partial charge in [0.15, 0.2) is 5.96 Å². The molecular weight excluding hydrogens is 536 g/mol. The van der Waals surface area contributed by atoms with E-state index < -0.39 is 0 Å². The molecule has 1 fully saturated rings. The summed E-state index contributed by atoms with van der Waals surface area (Å²) in [5.74, 6) is 1.78. The van der Waals surface area contributed by atoms with Gasteiger partial charge >= 0.3 is 0 Å². The minimum Gasteiger partial charge on any atom is -0.357 e. The van der Waals surface area contributed by atoms with Crippen molar-refractivity contribution in [1.82, 2.24) is 25.1 Å². The van der Waals surface area contributed by atoms with Crippen LogP contribution in [0.1, 0.15) is 18.2 Å². The molecule has 0 bridgehead atoms. The summed E-state index contributed by atoms with van der Waals surface area (Å²) in [6, 6.07) is 6.05. The number of aromatic nitrogens is 2. The number of pyridine rings is 1. The molecule has 1 aliphatic heterocycles. The topological polar surface area (TPSA) is 60.7 Å². The third-order valence-corrected chi connectivity index (χ3v) is 5.90. The van der Waals surface area contributed by atoms with E-state index in [0.717, 1.165) is 55.8 Å². The fourth-order valence-corrected chi connectivity index (χ4v) is 3.59. The lowest BCUT2D eigenvalue weighted by Gasteiger charge is -2.33. The molecule has 3 rings (SSSR count). The number of aliphatic imine (C=N–C) groups is 1. The van der Waals surface area contributed by atoms with Crippen molar-refractivity contribution in [3.05, 3.63) is 45.8 Å². The third-order valence-electron chi connectivity index (χ3n) is 5.05. The molecule has 0 saturated carbocycles. The van der Waals surface area contributed by atoms with Gasteiger partial charge in [-0.15, -0.1) is 24.0 Å². The van der Waals surface area contributed by atoms with Crippen LogP contribution in [0.3, 0.4) is 0 Å². The fraction of sp³-hybridized carbons (Fsp3) is 0.500. The third kappa shape index (κ3) is 6.63. The zero-order chi connectivity index (χ0) is 20.8. The molecule has 166 valence electrons. The molecule has 1 saturated heterocycles. The molecule has 0 spiro atoms. The largest absolute Gasteiger partial charge is 0.357 e. The number of hydrogen-bond donors (Lipinski definition) is 2. The lowest BCUT2D eigenvalue weighted by atomic mass is 10.2. The summed E-state index contributed by atoms with van der Waals surface area (Å²) in [4.78, 5) is 14.0. The average molecular weight is 566 g/mol. The number of rotatable bonds is 6. The summed E-state index contributed by atoms with van der Waals surface area (Å²) in [6.45, 7) is 8.13. The number of guanidine groups is 1. The summed E-state index contributed by atoms with van der Waals surface area (Å²) in [5.41, 5.74) is 2.06. The van der Waals surface area contributed by atoms with E-state index in [1.54, 1.807) is 0 Å². The van der Waals surface area contributed by atoms with Crippen LogP contribution in [0.5, 0.6) is 0 Å². The Hall–Kier alpha value is -1.23. The van der Waals surface area contributed by atoms with Crippen molar-refractivity contribution in [2.75, 3.05) is 44.7 Å². The second kappa shape index (κ2) is 12.0. The van der Waals surface area contributed by atoms with Gasteiger partial charge in [0.1, 0.15) is 11.0 Å². The number of nitrogens with one attached hydrogen (secondary N) is 2. The second-order valence-electron chi connectivity index (χ2n) is 7.20. The normalized spacial score (nSPS) is 15.1. The molecule has 0 aromatic carbocycles. The number of hydrogen-bond acceptors (Lipinski definition) is 4. The van der Waals surface area contributed by atoms with Crippen LogP contribution in [0.15, 0.2) is 29.4 Å². The number of anilines is 1. The van der Waals surface area contributed by atoms with Crippen molar-refractivity contribution < 1.29 is 0 Å². The maximum atomic E-state index is 6.14. The SMILES string of the molecule is CCNC(=NCc1ccc(N2CCN(C)CC2)nc1)NCc1cc(Cl)c(Cl)n1C.I. The van der Waals surface area contributed by atoms with Gasteiger partial charge in [0.05, 0.1) is 18.1 Å². The highest BCUT2D eigenvalue weighted by Gasteiger charge is 2.15.